The van der Waals surface area contributed by atoms with E-state index in [4.69, 9.17) is 0 Å². The summed E-state index contributed by atoms with van der Waals surface area (Å²) in [6.07, 6.45) is 8.57. The van der Waals surface area contributed by atoms with E-state index in [-0.39, 0.29) is 0 Å². The molecule has 1 aliphatic heterocycles. The van der Waals surface area contributed by atoms with Crippen molar-refractivity contribution in [2.24, 2.45) is 14.1 Å². The minimum atomic E-state index is 1.34. The topological polar surface area (TPSA) is 7.76 Å². The van der Waals surface area contributed by atoms with Gasteiger partial charge in [0.05, 0.1) is 9.79 Å². The highest BCUT2D eigenvalue weighted by Gasteiger charge is 2.21. The predicted octanol–water partition coefficient (Wildman–Crippen LogP) is 2.12. The molecule has 3 heterocycles. The number of hydrogen-bond donors (Lipinski definition) is 0. The van der Waals surface area contributed by atoms with Gasteiger partial charge in [-0.1, -0.05) is 0 Å². The van der Waals surface area contributed by atoms with Crippen molar-refractivity contribution < 1.29 is 9.13 Å². The molecule has 0 atom stereocenters. The minimum Gasteiger partial charge on any atom is -0.207 e. The van der Waals surface area contributed by atoms with E-state index in [1.807, 2.05) is 21.6 Å². The predicted molar refractivity (Wildman–Crippen MR) is 65.9 cm³/mol. The highest BCUT2D eigenvalue weighted by atomic mass is 33.1. The number of nitrogens with zero attached hydrogens (tertiary/aromatic N) is 2. The minimum absolute atomic E-state index is 1.34. The lowest BCUT2D eigenvalue weighted by atomic mass is 10.1. The van der Waals surface area contributed by atoms with Gasteiger partial charge in [0.2, 0.25) is 0 Å². The Hall–Kier alpha value is -1.00. The molecular formula is C12H12N2S2+2. The molecule has 2 aromatic rings. The van der Waals surface area contributed by atoms with Crippen LogP contribution in [-0.2, 0) is 14.1 Å². The zero-order valence-corrected chi connectivity index (χ0v) is 10.8. The normalized spacial score (nSPS) is 13.1. The van der Waals surface area contributed by atoms with Gasteiger partial charge < -0.3 is 0 Å². The summed E-state index contributed by atoms with van der Waals surface area (Å²) in [6, 6.07) is 4.39. The zero-order chi connectivity index (χ0) is 11.1. The van der Waals surface area contributed by atoms with Gasteiger partial charge in [-0.15, -0.1) is 0 Å². The monoisotopic (exact) mass is 248 g/mol. The summed E-state index contributed by atoms with van der Waals surface area (Å²) in [4.78, 5) is 2.69. The van der Waals surface area contributed by atoms with E-state index in [0.29, 0.717) is 0 Å². The van der Waals surface area contributed by atoms with E-state index < -0.39 is 0 Å². The maximum atomic E-state index is 2.20. The zero-order valence-electron chi connectivity index (χ0n) is 9.18. The first kappa shape index (κ1) is 10.2. The van der Waals surface area contributed by atoms with Gasteiger partial charge in [-0.05, 0) is 21.6 Å². The standard InChI is InChI=1S/C12H12N2S2/c1-13-5-3-9-10-4-6-14(2)8-12(10)16-15-11(9)7-13/h3-8H,1-2H3/q+2. The third-order valence-electron chi connectivity index (χ3n) is 2.64. The first-order chi connectivity index (χ1) is 7.74. The maximum absolute atomic E-state index is 2.20. The second kappa shape index (κ2) is 3.79. The molecule has 0 unspecified atom stereocenters. The van der Waals surface area contributed by atoms with Gasteiger partial charge in [0, 0.05) is 23.3 Å². The summed E-state index contributed by atoms with van der Waals surface area (Å²) >= 11 is 0. The fraction of sp³-hybridized carbons (Fsp3) is 0.167. The largest absolute Gasteiger partial charge is 0.207 e. The number of aromatic nitrogens is 2. The van der Waals surface area contributed by atoms with Crippen LogP contribution >= 0.6 is 21.6 Å². The Balaban J connectivity index is 2.23. The van der Waals surface area contributed by atoms with Crippen molar-refractivity contribution in [2.75, 3.05) is 0 Å². The summed E-state index contributed by atoms with van der Waals surface area (Å²) in [7, 11) is 7.80. The molecule has 4 heteroatoms. The van der Waals surface area contributed by atoms with Gasteiger partial charge in [-0.3, -0.25) is 0 Å². The third-order valence-corrected chi connectivity index (χ3v) is 5.06. The van der Waals surface area contributed by atoms with Gasteiger partial charge in [0.15, 0.2) is 24.8 Å². The lowest BCUT2D eigenvalue weighted by molar-refractivity contribution is -0.673. The molecule has 0 bridgehead atoms. The van der Waals surface area contributed by atoms with E-state index in [0.717, 1.165) is 0 Å². The second-order valence-electron chi connectivity index (χ2n) is 3.94. The van der Waals surface area contributed by atoms with Crippen LogP contribution < -0.4 is 9.13 Å². The molecule has 2 nitrogen and oxygen atoms in total. The molecule has 80 valence electrons. The lowest BCUT2D eigenvalue weighted by Crippen LogP contribution is -2.28. The molecule has 1 aliphatic rings. The molecule has 0 radical (unpaired) electrons. The summed E-state index contributed by atoms with van der Waals surface area (Å²) in [5, 5.41) is 0. The molecule has 16 heavy (non-hydrogen) atoms. The smallest absolute Gasteiger partial charge is 0.183 e. The van der Waals surface area contributed by atoms with Crippen molar-refractivity contribution in [3.63, 3.8) is 0 Å². The quantitative estimate of drug-likeness (QED) is 0.521. The Kier molecular flexibility index (Phi) is 2.41. The Morgan fingerprint density at radius 2 is 1.25 bits per heavy atom. The summed E-state index contributed by atoms with van der Waals surface area (Å²) in [5.41, 5.74) is 2.69. The third kappa shape index (κ3) is 1.62. The summed E-state index contributed by atoms with van der Waals surface area (Å²) < 4.78 is 4.20. The van der Waals surface area contributed by atoms with Gasteiger partial charge >= 0.3 is 0 Å². The lowest BCUT2D eigenvalue weighted by Gasteiger charge is -2.14. The fourth-order valence-corrected chi connectivity index (χ4v) is 4.28. The van der Waals surface area contributed by atoms with Crippen LogP contribution in [0.2, 0.25) is 0 Å². The molecule has 3 rings (SSSR count). The van der Waals surface area contributed by atoms with Crippen molar-refractivity contribution in [3.05, 3.63) is 36.9 Å². The molecule has 0 fully saturated rings. The number of hydrogen-bond acceptors (Lipinski definition) is 2. The number of rotatable bonds is 0. The van der Waals surface area contributed by atoms with Crippen molar-refractivity contribution in [1.82, 2.24) is 0 Å². The first-order valence-corrected chi connectivity index (χ1v) is 7.22. The van der Waals surface area contributed by atoms with E-state index in [9.17, 15) is 0 Å². The van der Waals surface area contributed by atoms with E-state index in [2.05, 4.69) is 60.1 Å². The van der Waals surface area contributed by atoms with Crippen LogP contribution in [0, 0.1) is 0 Å². The Morgan fingerprint density at radius 1 is 0.812 bits per heavy atom. The Labute approximate surface area is 103 Å². The van der Waals surface area contributed by atoms with Crippen molar-refractivity contribution in [2.45, 2.75) is 9.79 Å². The Bertz CT molecular complexity index is 515. The molecule has 0 aromatic carbocycles. The van der Waals surface area contributed by atoms with Crippen LogP contribution in [0.4, 0.5) is 0 Å². The van der Waals surface area contributed by atoms with Gasteiger partial charge in [-0.2, -0.15) is 0 Å². The van der Waals surface area contributed by atoms with Gasteiger partial charge in [0.1, 0.15) is 14.1 Å². The number of pyridine rings is 2. The molecule has 0 N–H and O–H groups in total. The number of aryl methyl sites for hydroxylation is 2. The van der Waals surface area contributed by atoms with Crippen LogP contribution in [0.25, 0.3) is 11.1 Å². The highest BCUT2D eigenvalue weighted by Crippen LogP contribution is 2.49. The van der Waals surface area contributed by atoms with Crippen molar-refractivity contribution in [3.8, 4) is 11.1 Å². The van der Waals surface area contributed by atoms with E-state index in [1.54, 1.807) is 0 Å². The van der Waals surface area contributed by atoms with Gasteiger partial charge in [0.25, 0.3) is 0 Å². The molecule has 0 aliphatic carbocycles. The van der Waals surface area contributed by atoms with E-state index in [1.165, 1.54) is 20.9 Å². The fourth-order valence-electron chi connectivity index (χ4n) is 1.81. The van der Waals surface area contributed by atoms with Crippen molar-refractivity contribution in [1.29, 1.82) is 0 Å². The van der Waals surface area contributed by atoms with Crippen LogP contribution in [-0.4, -0.2) is 0 Å². The molecule has 0 amide bonds. The Morgan fingerprint density at radius 3 is 1.69 bits per heavy atom. The molecule has 0 saturated heterocycles. The average molecular weight is 248 g/mol. The molecule has 2 aromatic heterocycles. The second-order valence-corrected chi connectivity index (χ2v) is 6.16. The van der Waals surface area contributed by atoms with Crippen LogP contribution in [0.5, 0.6) is 0 Å². The van der Waals surface area contributed by atoms with Crippen LogP contribution in [0.1, 0.15) is 0 Å². The molecular weight excluding hydrogens is 236 g/mol. The summed E-state index contributed by atoms with van der Waals surface area (Å²) in [6.45, 7) is 0. The van der Waals surface area contributed by atoms with Crippen molar-refractivity contribution >= 4 is 21.6 Å². The average Bonchev–Trinajstić information content (AvgIpc) is 2.28. The maximum Gasteiger partial charge on any atom is 0.183 e. The number of fused-ring (bicyclic) bond motifs is 3. The molecule has 0 saturated carbocycles. The van der Waals surface area contributed by atoms with Crippen LogP contribution in [0.15, 0.2) is 46.7 Å². The SMILES string of the molecule is C[n+]1ccc2c(c1)SSc1c[n+](C)ccc1-2. The summed E-state index contributed by atoms with van der Waals surface area (Å²) in [5.74, 6) is 0. The van der Waals surface area contributed by atoms with E-state index >= 15 is 0 Å². The highest BCUT2D eigenvalue weighted by molar-refractivity contribution is 8.76. The molecule has 0 spiro atoms. The first-order valence-electron chi connectivity index (χ1n) is 5.07. The van der Waals surface area contributed by atoms with Crippen LogP contribution in [0.3, 0.4) is 0 Å². The van der Waals surface area contributed by atoms with Gasteiger partial charge in [-0.25, -0.2) is 9.13 Å².